The van der Waals surface area contributed by atoms with Crippen molar-refractivity contribution in [2.45, 2.75) is 33.4 Å². The third-order valence-corrected chi connectivity index (χ3v) is 2.20. The van der Waals surface area contributed by atoms with Crippen LogP contribution in [0.15, 0.2) is 0 Å². The van der Waals surface area contributed by atoms with Crippen LogP contribution < -0.4 is 5.32 Å². The van der Waals surface area contributed by atoms with Crippen molar-refractivity contribution in [2.75, 3.05) is 7.05 Å². The SMILES string of the molecule is CNCc1c(C)nn(CC(F)F)c1C. The normalized spacial score (nSPS) is 11.3. The fraction of sp³-hybridized carbons (Fsp3) is 0.667. The molecule has 0 atom stereocenters. The van der Waals surface area contributed by atoms with Crippen molar-refractivity contribution in [3.8, 4) is 0 Å². The van der Waals surface area contributed by atoms with Crippen molar-refractivity contribution in [1.29, 1.82) is 0 Å². The smallest absolute Gasteiger partial charge is 0.257 e. The number of nitrogens with zero attached hydrogens (tertiary/aromatic N) is 2. The fourth-order valence-corrected chi connectivity index (χ4v) is 1.48. The molecular weight excluding hydrogens is 188 g/mol. The average Bonchev–Trinajstić information content (AvgIpc) is 2.32. The summed E-state index contributed by atoms with van der Waals surface area (Å²) in [4.78, 5) is 0. The molecule has 0 saturated carbocycles. The van der Waals surface area contributed by atoms with Crippen molar-refractivity contribution in [3.05, 3.63) is 17.0 Å². The zero-order valence-corrected chi connectivity index (χ0v) is 8.64. The van der Waals surface area contributed by atoms with Crippen LogP contribution in [-0.2, 0) is 13.1 Å². The van der Waals surface area contributed by atoms with Crippen molar-refractivity contribution < 1.29 is 8.78 Å². The van der Waals surface area contributed by atoms with E-state index in [9.17, 15) is 8.78 Å². The summed E-state index contributed by atoms with van der Waals surface area (Å²) >= 11 is 0. The van der Waals surface area contributed by atoms with Crippen LogP contribution in [0.3, 0.4) is 0 Å². The standard InChI is InChI=1S/C9H15F2N3/c1-6-8(4-12-3)7(2)14(13-6)5-9(10)11/h9,12H,4-5H2,1-3H3. The van der Waals surface area contributed by atoms with Gasteiger partial charge in [-0.15, -0.1) is 0 Å². The minimum atomic E-state index is -2.35. The maximum atomic E-state index is 12.2. The highest BCUT2D eigenvalue weighted by Gasteiger charge is 2.13. The highest BCUT2D eigenvalue weighted by molar-refractivity contribution is 5.24. The molecule has 0 saturated heterocycles. The summed E-state index contributed by atoms with van der Waals surface area (Å²) < 4.78 is 25.7. The Morgan fingerprint density at radius 3 is 2.57 bits per heavy atom. The van der Waals surface area contributed by atoms with E-state index in [-0.39, 0.29) is 6.54 Å². The van der Waals surface area contributed by atoms with Gasteiger partial charge in [-0.3, -0.25) is 4.68 Å². The van der Waals surface area contributed by atoms with Crippen molar-refractivity contribution in [3.63, 3.8) is 0 Å². The molecule has 14 heavy (non-hydrogen) atoms. The first kappa shape index (κ1) is 11.1. The Morgan fingerprint density at radius 1 is 1.43 bits per heavy atom. The Balaban J connectivity index is 2.92. The number of rotatable bonds is 4. The van der Waals surface area contributed by atoms with Gasteiger partial charge in [0.25, 0.3) is 6.43 Å². The second-order valence-electron chi connectivity index (χ2n) is 3.25. The molecule has 0 aliphatic carbocycles. The molecule has 1 N–H and O–H groups in total. The summed E-state index contributed by atoms with van der Waals surface area (Å²) in [6.07, 6.45) is -2.35. The molecule has 80 valence electrons. The second kappa shape index (κ2) is 4.50. The van der Waals surface area contributed by atoms with E-state index >= 15 is 0 Å². The Labute approximate surface area is 82.1 Å². The van der Waals surface area contributed by atoms with Crippen LogP contribution in [0, 0.1) is 13.8 Å². The van der Waals surface area contributed by atoms with Gasteiger partial charge in [-0.25, -0.2) is 8.78 Å². The molecule has 0 unspecified atom stereocenters. The second-order valence-corrected chi connectivity index (χ2v) is 3.25. The van der Waals surface area contributed by atoms with Crippen molar-refractivity contribution in [2.24, 2.45) is 0 Å². The number of nitrogens with one attached hydrogen (secondary N) is 1. The average molecular weight is 203 g/mol. The van der Waals surface area contributed by atoms with E-state index in [1.807, 2.05) is 20.9 Å². The van der Waals surface area contributed by atoms with Crippen LogP contribution in [0.1, 0.15) is 17.0 Å². The summed E-state index contributed by atoms with van der Waals surface area (Å²) in [5.41, 5.74) is 2.64. The molecule has 0 spiro atoms. The van der Waals surface area contributed by atoms with Gasteiger partial charge in [-0.2, -0.15) is 5.10 Å². The number of hydrogen-bond acceptors (Lipinski definition) is 2. The molecule has 0 aromatic carbocycles. The fourth-order valence-electron chi connectivity index (χ4n) is 1.48. The minimum absolute atomic E-state index is 0.323. The Hall–Kier alpha value is -0.970. The zero-order chi connectivity index (χ0) is 10.7. The van der Waals surface area contributed by atoms with Gasteiger partial charge in [0.05, 0.1) is 5.69 Å². The summed E-state index contributed by atoms with van der Waals surface area (Å²) in [7, 11) is 1.82. The van der Waals surface area contributed by atoms with E-state index in [4.69, 9.17) is 0 Å². The molecule has 0 aliphatic rings. The van der Waals surface area contributed by atoms with E-state index in [1.54, 1.807) is 0 Å². The Bertz CT molecular complexity index is 307. The third kappa shape index (κ3) is 2.29. The number of alkyl halides is 2. The van der Waals surface area contributed by atoms with Gasteiger partial charge in [0, 0.05) is 17.8 Å². The minimum Gasteiger partial charge on any atom is -0.316 e. The van der Waals surface area contributed by atoms with Crippen molar-refractivity contribution in [1.82, 2.24) is 15.1 Å². The Kier molecular flexibility index (Phi) is 3.57. The van der Waals surface area contributed by atoms with E-state index in [2.05, 4.69) is 10.4 Å². The molecule has 1 rings (SSSR count). The molecule has 1 aromatic rings. The third-order valence-electron chi connectivity index (χ3n) is 2.20. The highest BCUT2D eigenvalue weighted by atomic mass is 19.3. The van der Waals surface area contributed by atoms with Crippen LogP contribution in [-0.4, -0.2) is 23.3 Å². The van der Waals surface area contributed by atoms with E-state index in [0.717, 1.165) is 17.0 Å². The van der Waals surface area contributed by atoms with Crippen LogP contribution in [0.4, 0.5) is 8.78 Å². The molecule has 3 nitrogen and oxygen atoms in total. The first-order valence-electron chi connectivity index (χ1n) is 4.52. The molecule has 1 heterocycles. The van der Waals surface area contributed by atoms with Gasteiger partial charge in [-0.05, 0) is 20.9 Å². The van der Waals surface area contributed by atoms with Gasteiger partial charge in [0.1, 0.15) is 6.54 Å². The molecule has 0 fully saturated rings. The lowest BCUT2D eigenvalue weighted by Crippen LogP contribution is -2.11. The number of hydrogen-bond donors (Lipinski definition) is 1. The molecule has 5 heteroatoms. The lowest BCUT2D eigenvalue weighted by Gasteiger charge is -2.04. The quantitative estimate of drug-likeness (QED) is 0.803. The summed E-state index contributed by atoms with van der Waals surface area (Å²) in [6, 6.07) is 0. The lowest BCUT2D eigenvalue weighted by molar-refractivity contribution is 0.121. The Morgan fingerprint density at radius 2 is 2.07 bits per heavy atom. The molecule has 0 amide bonds. The van der Waals surface area contributed by atoms with E-state index in [1.165, 1.54) is 4.68 Å². The molecule has 1 aromatic heterocycles. The maximum Gasteiger partial charge on any atom is 0.257 e. The number of aromatic nitrogens is 2. The topological polar surface area (TPSA) is 29.9 Å². The maximum absolute atomic E-state index is 12.2. The monoisotopic (exact) mass is 203 g/mol. The summed E-state index contributed by atoms with van der Waals surface area (Å²) in [5.74, 6) is 0. The molecular formula is C9H15F2N3. The predicted molar refractivity (Wildman–Crippen MR) is 50.5 cm³/mol. The van der Waals surface area contributed by atoms with Gasteiger partial charge >= 0.3 is 0 Å². The first-order valence-corrected chi connectivity index (χ1v) is 4.52. The van der Waals surface area contributed by atoms with E-state index in [0.29, 0.717) is 6.54 Å². The van der Waals surface area contributed by atoms with Gasteiger partial charge in [-0.1, -0.05) is 0 Å². The van der Waals surface area contributed by atoms with Gasteiger partial charge in [0.2, 0.25) is 0 Å². The van der Waals surface area contributed by atoms with Crippen LogP contribution in [0.2, 0.25) is 0 Å². The largest absolute Gasteiger partial charge is 0.316 e. The summed E-state index contributed by atoms with van der Waals surface area (Å²) in [5, 5.41) is 7.06. The number of aryl methyl sites for hydroxylation is 1. The van der Waals surface area contributed by atoms with Gasteiger partial charge in [0.15, 0.2) is 0 Å². The van der Waals surface area contributed by atoms with Crippen LogP contribution in [0.5, 0.6) is 0 Å². The van der Waals surface area contributed by atoms with Gasteiger partial charge < -0.3 is 5.32 Å². The highest BCUT2D eigenvalue weighted by Crippen LogP contribution is 2.13. The van der Waals surface area contributed by atoms with Crippen molar-refractivity contribution >= 4 is 0 Å². The van der Waals surface area contributed by atoms with E-state index < -0.39 is 6.43 Å². The van der Waals surface area contributed by atoms with Crippen LogP contribution in [0.25, 0.3) is 0 Å². The number of halogens is 2. The van der Waals surface area contributed by atoms with Crippen LogP contribution >= 0.6 is 0 Å². The predicted octanol–water partition coefficient (Wildman–Crippen LogP) is 1.48. The first-order chi connectivity index (χ1) is 6.56. The molecule has 0 radical (unpaired) electrons. The lowest BCUT2D eigenvalue weighted by atomic mass is 10.2. The summed E-state index contributed by atoms with van der Waals surface area (Å²) in [6.45, 7) is 3.99. The molecule has 0 aliphatic heterocycles. The molecule has 0 bridgehead atoms. The zero-order valence-electron chi connectivity index (χ0n) is 8.64.